The molecule has 6 rings (SSSR count). The normalized spacial score (nSPS) is 40.7. The van der Waals surface area contributed by atoms with E-state index in [1.807, 2.05) is 0 Å². The van der Waals surface area contributed by atoms with E-state index in [4.69, 9.17) is 5.10 Å². The highest BCUT2D eigenvalue weighted by molar-refractivity contribution is 5.51. The van der Waals surface area contributed by atoms with Crippen molar-refractivity contribution in [3.63, 3.8) is 0 Å². The zero-order valence-electron chi connectivity index (χ0n) is 13.2. The molecule has 0 spiro atoms. The molecule has 1 aromatic heterocycles. The number of hydrogen-bond donors (Lipinski definition) is 1. The molecule has 4 fully saturated rings. The molecule has 1 aromatic rings. The number of nitrogens with zero attached hydrogens (tertiary/aromatic N) is 2. The molecule has 21 heavy (non-hydrogen) atoms. The summed E-state index contributed by atoms with van der Waals surface area (Å²) in [5.74, 6) is 4.35. The van der Waals surface area contributed by atoms with Crippen LogP contribution >= 0.6 is 0 Å². The van der Waals surface area contributed by atoms with E-state index in [2.05, 4.69) is 17.0 Å². The molecule has 4 bridgehead atoms. The predicted molar refractivity (Wildman–Crippen MR) is 84.5 cm³/mol. The van der Waals surface area contributed by atoms with Crippen molar-refractivity contribution in [1.29, 1.82) is 0 Å². The van der Waals surface area contributed by atoms with Crippen LogP contribution in [0.15, 0.2) is 0 Å². The van der Waals surface area contributed by atoms with Crippen molar-refractivity contribution in [3.05, 3.63) is 11.3 Å². The first-order valence-corrected chi connectivity index (χ1v) is 9.04. The fourth-order valence-electron chi connectivity index (χ4n) is 6.49. The van der Waals surface area contributed by atoms with Gasteiger partial charge < -0.3 is 5.32 Å². The van der Waals surface area contributed by atoms with E-state index in [1.165, 1.54) is 69.3 Å². The van der Waals surface area contributed by atoms with Crippen LogP contribution in [0, 0.1) is 17.8 Å². The van der Waals surface area contributed by atoms with Gasteiger partial charge in [0.05, 0.1) is 5.69 Å². The third kappa shape index (κ3) is 1.75. The van der Waals surface area contributed by atoms with Crippen molar-refractivity contribution in [2.75, 3.05) is 11.9 Å². The molecule has 0 amide bonds. The lowest BCUT2D eigenvalue weighted by Gasteiger charge is -2.56. The van der Waals surface area contributed by atoms with E-state index in [-0.39, 0.29) is 0 Å². The molecule has 3 nitrogen and oxygen atoms in total. The molecular formula is C18H27N3. The molecule has 4 aliphatic carbocycles. The molecule has 5 aliphatic rings. The van der Waals surface area contributed by atoms with E-state index in [9.17, 15) is 0 Å². The number of fused-ring (bicyclic) bond motifs is 1. The van der Waals surface area contributed by atoms with Crippen LogP contribution in [0.5, 0.6) is 0 Å². The van der Waals surface area contributed by atoms with Gasteiger partial charge in [-0.1, -0.05) is 0 Å². The number of nitrogens with one attached hydrogen (secondary N) is 1. The van der Waals surface area contributed by atoms with Gasteiger partial charge in [-0.15, -0.1) is 0 Å². The number of hydrogen-bond acceptors (Lipinski definition) is 2. The van der Waals surface area contributed by atoms with Gasteiger partial charge in [0.2, 0.25) is 0 Å². The van der Waals surface area contributed by atoms with Crippen molar-refractivity contribution < 1.29 is 0 Å². The highest BCUT2D eigenvalue weighted by Gasteiger charge is 2.53. The predicted octanol–water partition coefficient (Wildman–Crippen LogP) is 3.64. The summed E-state index contributed by atoms with van der Waals surface area (Å²) >= 11 is 0. The van der Waals surface area contributed by atoms with Crippen LogP contribution < -0.4 is 5.32 Å². The van der Waals surface area contributed by atoms with Crippen molar-refractivity contribution in [2.24, 2.45) is 24.8 Å². The molecule has 1 aliphatic heterocycles. The van der Waals surface area contributed by atoms with Crippen LogP contribution in [0.25, 0.3) is 0 Å². The van der Waals surface area contributed by atoms with Crippen molar-refractivity contribution in [2.45, 2.75) is 63.2 Å². The van der Waals surface area contributed by atoms with Crippen LogP contribution in [-0.4, -0.2) is 16.3 Å². The molecule has 2 heterocycles. The maximum absolute atomic E-state index is 5.08. The summed E-state index contributed by atoms with van der Waals surface area (Å²) in [6, 6.07) is 0. The zero-order valence-corrected chi connectivity index (χ0v) is 13.2. The van der Waals surface area contributed by atoms with E-state index < -0.39 is 0 Å². The highest BCUT2D eigenvalue weighted by atomic mass is 15.3. The maximum Gasteiger partial charge on any atom is 0.127 e. The number of anilines is 1. The Balaban J connectivity index is 1.61. The first kappa shape index (κ1) is 12.5. The standard InChI is InChI=1S/C18H27N3/c1-21-17-15(4-2-3-5-19-17)16(20-21)18-9-12-6-13(10-18)8-14(7-12)11-18/h12-14,19H,2-11H2,1H3. The summed E-state index contributed by atoms with van der Waals surface area (Å²) in [5.41, 5.74) is 3.54. The Morgan fingerprint density at radius 3 is 2.38 bits per heavy atom. The Morgan fingerprint density at radius 1 is 1.05 bits per heavy atom. The highest BCUT2D eigenvalue weighted by Crippen LogP contribution is 2.61. The molecule has 0 saturated heterocycles. The summed E-state index contributed by atoms with van der Waals surface area (Å²) in [4.78, 5) is 0. The van der Waals surface area contributed by atoms with Gasteiger partial charge in [0, 0.05) is 24.6 Å². The fraction of sp³-hybridized carbons (Fsp3) is 0.833. The minimum atomic E-state index is 0.451. The van der Waals surface area contributed by atoms with Gasteiger partial charge in [-0.3, -0.25) is 4.68 Å². The Morgan fingerprint density at radius 2 is 1.71 bits per heavy atom. The monoisotopic (exact) mass is 285 g/mol. The maximum atomic E-state index is 5.08. The minimum Gasteiger partial charge on any atom is -0.370 e. The van der Waals surface area contributed by atoms with Crippen LogP contribution in [0.3, 0.4) is 0 Å². The molecular weight excluding hydrogens is 258 g/mol. The molecule has 0 unspecified atom stereocenters. The minimum absolute atomic E-state index is 0.451. The van der Waals surface area contributed by atoms with Crippen LogP contribution in [0.4, 0.5) is 5.82 Å². The Labute approximate surface area is 127 Å². The summed E-state index contributed by atoms with van der Waals surface area (Å²) in [7, 11) is 2.14. The lowest BCUT2D eigenvalue weighted by atomic mass is 9.48. The molecule has 114 valence electrons. The first-order chi connectivity index (χ1) is 10.2. The van der Waals surface area contributed by atoms with E-state index >= 15 is 0 Å². The smallest absolute Gasteiger partial charge is 0.127 e. The zero-order chi connectivity index (χ0) is 14.0. The molecule has 0 radical (unpaired) electrons. The molecule has 0 aromatic carbocycles. The van der Waals surface area contributed by atoms with E-state index in [0.29, 0.717) is 5.41 Å². The summed E-state index contributed by atoms with van der Waals surface area (Å²) in [6.45, 7) is 1.12. The molecule has 4 saturated carbocycles. The average molecular weight is 285 g/mol. The topological polar surface area (TPSA) is 29.9 Å². The Bertz CT molecular complexity index is 536. The van der Waals surface area contributed by atoms with Gasteiger partial charge in [0.25, 0.3) is 0 Å². The fourth-order valence-corrected chi connectivity index (χ4v) is 6.49. The summed E-state index contributed by atoms with van der Waals surface area (Å²) < 4.78 is 2.15. The second-order valence-electron chi connectivity index (χ2n) is 8.38. The Kier molecular flexibility index (Phi) is 2.55. The number of aromatic nitrogens is 2. The van der Waals surface area contributed by atoms with Crippen molar-refractivity contribution in [1.82, 2.24) is 9.78 Å². The first-order valence-electron chi connectivity index (χ1n) is 9.04. The van der Waals surface area contributed by atoms with E-state index in [1.54, 1.807) is 5.56 Å². The van der Waals surface area contributed by atoms with Gasteiger partial charge in [-0.2, -0.15) is 5.10 Å². The molecule has 1 N–H and O–H groups in total. The number of aryl methyl sites for hydroxylation is 1. The van der Waals surface area contributed by atoms with Gasteiger partial charge in [-0.25, -0.2) is 0 Å². The van der Waals surface area contributed by atoms with Gasteiger partial charge in [-0.05, 0) is 75.5 Å². The van der Waals surface area contributed by atoms with Crippen molar-refractivity contribution >= 4 is 5.82 Å². The van der Waals surface area contributed by atoms with Gasteiger partial charge in [0.15, 0.2) is 0 Å². The lowest BCUT2D eigenvalue weighted by molar-refractivity contribution is -0.00781. The average Bonchev–Trinajstić information content (AvgIpc) is 2.63. The summed E-state index contributed by atoms with van der Waals surface area (Å²) in [6.07, 6.45) is 12.7. The second kappa shape index (κ2) is 4.27. The largest absolute Gasteiger partial charge is 0.370 e. The third-order valence-corrected chi connectivity index (χ3v) is 6.83. The second-order valence-corrected chi connectivity index (χ2v) is 8.38. The molecule has 3 heteroatoms. The quantitative estimate of drug-likeness (QED) is 0.854. The Hall–Kier alpha value is -0.990. The van der Waals surface area contributed by atoms with Crippen LogP contribution in [0.2, 0.25) is 0 Å². The van der Waals surface area contributed by atoms with Gasteiger partial charge >= 0.3 is 0 Å². The SMILES string of the molecule is Cn1nc(C23CC4CC(CC(C4)C2)C3)c2c1NCCCC2. The molecule has 0 atom stereocenters. The third-order valence-electron chi connectivity index (χ3n) is 6.83. The van der Waals surface area contributed by atoms with E-state index in [0.717, 1.165) is 24.3 Å². The number of rotatable bonds is 1. The van der Waals surface area contributed by atoms with Crippen LogP contribution in [0.1, 0.15) is 62.6 Å². The van der Waals surface area contributed by atoms with Gasteiger partial charge in [0.1, 0.15) is 5.82 Å². The lowest BCUT2D eigenvalue weighted by Crippen LogP contribution is -2.49. The van der Waals surface area contributed by atoms with Crippen LogP contribution in [-0.2, 0) is 18.9 Å². The summed E-state index contributed by atoms with van der Waals surface area (Å²) in [5, 5.41) is 8.72. The van der Waals surface area contributed by atoms with Crippen molar-refractivity contribution in [3.8, 4) is 0 Å².